The van der Waals surface area contributed by atoms with Gasteiger partial charge in [-0.2, -0.15) is 0 Å². The number of nitrogens with zero attached hydrogens (tertiary/aromatic N) is 2. The number of aromatic nitrogens is 2. The van der Waals surface area contributed by atoms with E-state index in [-0.39, 0.29) is 17.2 Å². The third-order valence-corrected chi connectivity index (χ3v) is 6.31. The highest BCUT2D eigenvalue weighted by atomic mass is 32.2. The van der Waals surface area contributed by atoms with Crippen LogP contribution in [0.3, 0.4) is 0 Å². The van der Waals surface area contributed by atoms with Crippen LogP contribution in [0.2, 0.25) is 0 Å². The first-order chi connectivity index (χ1) is 12.1. The van der Waals surface area contributed by atoms with E-state index in [2.05, 4.69) is 28.3 Å². The average molecular weight is 372 g/mol. The van der Waals surface area contributed by atoms with Gasteiger partial charge >= 0.3 is 0 Å². The van der Waals surface area contributed by atoms with Crippen LogP contribution < -0.4 is 5.32 Å². The van der Waals surface area contributed by atoms with Crippen LogP contribution in [0, 0.1) is 0 Å². The number of fused-ring (bicyclic) bond motifs is 1. The summed E-state index contributed by atoms with van der Waals surface area (Å²) in [6.07, 6.45) is 2.56. The van der Waals surface area contributed by atoms with Gasteiger partial charge in [0.05, 0.1) is 11.3 Å². The molecule has 2 heterocycles. The van der Waals surface area contributed by atoms with Gasteiger partial charge in [0.2, 0.25) is 5.91 Å². The van der Waals surface area contributed by atoms with Crippen molar-refractivity contribution in [1.82, 2.24) is 15.3 Å². The van der Waals surface area contributed by atoms with Gasteiger partial charge in [0.25, 0.3) is 0 Å². The minimum absolute atomic E-state index is 0.0130. The van der Waals surface area contributed by atoms with E-state index in [1.165, 1.54) is 16.6 Å². The molecular formula is C19H21N3OS2. The first kappa shape index (κ1) is 17.9. The van der Waals surface area contributed by atoms with E-state index in [1.54, 1.807) is 17.7 Å². The van der Waals surface area contributed by atoms with Gasteiger partial charge in [0, 0.05) is 10.3 Å². The Hall–Kier alpha value is -1.92. The van der Waals surface area contributed by atoms with Gasteiger partial charge in [0.1, 0.15) is 16.2 Å². The molecular weight excluding hydrogens is 350 g/mol. The smallest absolute Gasteiger partial charge is 0.233 e. The van der Waals surface area contributed by atoms with Crippen LogP contribution in [-0.4, -0.2) is 21.1 Å². The molecule has 4 nitrogen and oxygen atoms in total. The molecule has 1 N–H and O–H groups in total. The molecule has 0 spiro atoms. The summed E-state index contributed by atoms with van der Waals surface area (Å²) in [5.41, 5.74) is 1.10. The van der Waals surface area contributed by atoms with Crippen molar-refractivity contribution in [2.24, 2.45) is 0 Å². The average Bonchev–Trinajstić information content (AvgIpc) is 3.06. The second-order valence-corrected chi connectivity index (χ2v) is 8.31. The van der Waals surface area contributed by atoms with E-state index >= 15 is 0 Å². The number of nitrogens with one attached hydrogen (secondary N) is 1. The molecule has 2 atom stereocenters. The Labute approximate surface area is 156 Å². The zero-order chi connectivity index (χ0) is 17.8. The van der Waals surface area contributed by atoms with Crippen molar-refractivity contribution in [3.8, 4) is 0 Å². The van der Waals surface area contributed by atoms with Gasteiger partial charge in [-0.3, -0.25) is 4.79 Å². The number of hydrogen-bond acceptors (Lipinski definition) is 5. The molecule has 0 bridgehead atoms. The lowest BCUT2D eigenvalue weighted by atomic mass is 10.1. The summed E-state index contributed by atoms with van der Waals surface area (Å²) in [6.45, 7) is 6.05. The Morgan fingerprint density at radius 3 is 2.72 bits per heavy atom. The number of thioether (sulfide) groups is 1. The van der Waals surface area contributed by atoms with Crippen molar-refractivity contribution >= 4 is 39.2 Å². The van der Waals surface area contributed by atoms with Gasteiger partial charge < -0.3 is 5.32 Å². The lowest BCUT2D eigenvalue weighted by molar-refractivity contribution is -0.120. The van der Waals surface area contributed by atoms with E-state index in [0.717, 1.165) is 27.2 Å². The van der Waals surface area contributed by atoms with E-state index in [0.29, 0.717) is 0 Å². The minimum atomic E-state index is -0.228. The fourth-order valence-corrected chi connectivity index (χ4v) is 4.43. The topological polar surface area (TPSA) is 54.9 Å². The number of carbonyl (C=O) groups excluding carboxylic acids is 1. The molecule has 3 rings (SSSR count). The van der Waals surface area contributed by atoms with Gasteiger partial charge in [-0.25, -0.2) is 9.97 Å². The zero-order valence-electron chi connectivity index (χ0n) is 14.5. The molecule has 0 aliphatic rings. The van der Waals surface area contributed by atoms with Crippen LogP contribution in [0.25, 0.3) is 10.2 Å². The van der Waals surface area contributed by atoms with Gasteiger partial charge in [-0.15, -0.1) is 11.3 Å². The molecule has 130 valence electrons. The fourth-order valence-electron chi connectivity index (χ4n) is 2.53. The summed E-state index contributed by atoms with van der Waals surface area (Å²) in [4.78, 5) is 23.6. The molecule has 0 aliphatic carbocycles. The molecule has 1 amide bonds. The lowest BCUT2D eigenvalue weighted by Gasteiger charge is -2.17. The Balaban J connectivity index is 1.70. The minimum Gasteiger partial charge on any atom is -0.349 e. The molecule has 0 saturated heterocycles. The quantitative estimate of drug-likeness (QED) is 0.508. The van der Waals surface area contributed by atoms with Crippen LogP contribution in [0.4, 0.5) is 0 Å². The summed E-state index contributed by atoms with van der Waals surface area (Å²) >= 11 is 3.18. The first-order valence-electron chi connectivity index (χ1n) is 8.34. The SMILES string of the molecule is CCc1cc2c(SC(C)C(=O)NC(C)c3ccccc3)ncnc2s1. The van der Waals surface area contributed by atoms with E-state index in [1.807, 2.05) is 44.2 Å². The Bertz CT molecular complexity index is 863. The second-order valence-electron chi connectivity index (χ2n) is 5.86. The van der Waals surface area contributed by atoms with Gasteiger partial charge in [-0.1, -0.05) is 49.0 Å². The number of amides is 1. The van der Waals surface area contributed by atoms with Crippen molar-refractivity contribution in [3.63, 3.8) is 0 Å². The van der Waals surface area contributed by atoms with Crippen molar-refractivity contribution in [3.05, 3.63) is 53.2 Å². The summed E-state index contributed by atoms with van der Waals surface area (Å²) in [5, 5.41) is 4.77. The van der Waals surface area contributed by atoms with Crippen LogP contribution in [0.1, 0.15) is 37.3 Å². The number of benzene rings is 1. The Morgan fingerprint density at radius 1 is 1.24 bits per heavy atom. The number of aryl methyl sites for hydroxylation is 1. The van der Waals surface area contributed by atoms with Gasteiger partial charge in [-0.05, 0) is 31.9 Å². The Kier molecular flexibility index (Phi) is 5.71. The molecule has 6 heteroatoms. The third-order valence-electron chi connectivity index (χ3n) is 4.01. The number of hydrogen-bond donors (Lipinski definition) is 1. The van der Waals surface area contributed by atoms with Crippen molar-refractivity contribution in [1.29, 1.82) is 0 Å². The first-order valence-corrected chi connectivity index (χ1v) is 10.0. The number of rotatable bonds is 6. The maximum absolute atomic E-state index is 12.6. The van der Waals surface area contributed by atoms with Crippen LogP contribution >= 0.6 is 23.1 Å². The van der Waals surface area contributed by atoms with Crippen LogP contribution in [0.5, 0.6) is 0 Å². The molecule has 0 aliphatic heterocycles. The number of thiophene rings is 1. The lowest BCUT2D eigenvalue weighted by Crippen LogP contribution is -2.33. The standard InChI is InChI=1S/C19H21N3OS2/c1-4-15-10-16-18(20-11-21-19(16)25-15)24-13(3)17(23)22-12(2)14-8-6-5-7-9-14/h5-13H,4H2,1-3H3,(H,22,23). The summed E-state index contributed by atoms with van der Waals surface area (Å²) < 4.78 is 0. The van der Waals surface area contributed by atoms with E-state index in [4.69, 9.17) is 0 Å². The maximum Gasteiger partial charge on any atom is 0.233 e. The molecule has 0 radical (unpaired) electrons. The van der Waals surface area contributed by atoms with Crippen molar-refractivity contribution < 1.29 is 4.79 Å². The highest BCUT2D eigenvalue weighted by Gasteiger charge is 2.19. The molecule has 2 aromatic heterocycles. The van der Waals surface area contributed by atoms with Crippen LogP contribution in [0.15, 0.2) is 47.8 Å². The molecule has 2 unspecified atom stereocenters. The highest BCUT2D eigenvalue weighted by molar-refractivity contribution is 8.00. The zero-order valence-corrected chi connectivity index (χ0v) is 16.2. The van der Waals surface area contributed by atoms with Crippen LogP contribution in [-0.2, 0) is 11.2 Å². The van der Waals surface area contributed by atoms with E-state index < -0.39 is 0 Å². The summed E-state index contributed by atoms with van der Waals surface area (Å²) in [5.74, 6) is 0.0130. The molecule has 25 heavy (non-hydrogen) atoms. The second kappa shape index (κ2) is 7.97. The number of carbonyl (C=O) groups is 1. The Morgan fingerprint density at radius 2 is 2.00 bits per heavy atom. The largest absolute Gasteiger partial charge is 0.349 e. The van der Waals surface area contributed by atoms with Gasteiger partial charge in [0.15, 0.2) is 0 Å². The highest BCUT2D eigenvalue weighted by Crippen LogP contribution is 2.33. The fraction of sp³-hybridized carbons (Fsp3) is 0.316. The molecule has 0 fully saturated rings. The molecule has 1 aromatic carbocycles. The summed E-state index contributed by atoms with van der Waals surface area (Å²) in [6, 6.07) is 12.1. The third kappa shape index (κ3) is 4.19. The maximum atomic E-state index is 12.6. The molecule has 0 saturated carbocycles. The van der Waals surface area contributed by atoms with E-state index in [9.17, 15) is 4.79 Å². The predicted octanol–water partition coefficient (Wildman–Crippen LogP) is 4.61. The monoisotopic (exact) mass is 371 g/mol. The molecule has 3 aromatic rings. The van der Waals surface area contributed by atoms with Crippen molar-refractivity contribution in [2.75, 3.05) is 0 Å². The summed E-state index contributed by atoms with van der Waals surface area (Å²) in [7, 11) is 0. The van der Waals surface area contributed by atoms with Crippen molar-refractivity contribution in [2.45, 2.75) is 43.5 Å². The normalized spacial score (nSPS) is 13.6. The predicted molar refractivity (Wildman–Crippen MR) is 105 cm³/mol.